The lowest BCUT2D eigenvalue weighted by Crippen LogP contribution is -1.55. The van der Waals surface area contributed by atoms with Crippen LogP contribution in [0.25, 0.3) is 0 Å². The summed E-state index contributed by atoms with van der Waals surface area (Å²) in [6.45, 7) is 3.73. The van der Waals surface area contributed by atoms with E-state index in [1.165, 1.54) is 0 Å². The number of carbonyl (C=O) groups excluding carboxylic acids is 1. The molecule has 10 heavy (non-hydrogen) atoms. The molecule has 0 saturated heterocycles. The van der Waals surface area contributed by atoms with Gasteiger partial charge in [-0.3, -0.25) is 0 Å². The molecule has 0 bridgehead atoms. The topological polar surface area (TPSA) is 30.2 Å². The first-order chi connectivity index (χ1) is 4.81. The highest BCUT2D eigenvalue weighted by Crippen LogP contribution is 1.93. The van der Waals surface area contributed by atoms with Gasteiger partial charge in [0, 0.05) is 6.42 Å². The summed E-state index contributed by atoms with van der Waals surface area (Å²) in [5.41, 5.74) is 0. The van der Waals surface area contributed by atoms with Gasteiger partial charge in [0.15, 0.2) is 0 Å². The minimum atomic E-state index is 0.639. The molecular weight excluding hydrogens is 128 g/mol. The van der Waals surface area contributed by atoms with E-state index < -0.39 is 0 Å². The van der Waals surface area contributed by atoms with Gasteiger partial charge < -0.3 is 9.21 Å². The van der Waals surface area contributed by atoms with E-state index in [1.807, 2.05) is 26.0 Å². The van der Waals surface area contributed by atoms with Crippen molar-refractivity contribution in [1.82, 2.24) is 0 Å². The molecule has 1 aromatic heterocycles. The smallest absolute Gasteiger partial charge is 0.119 e. The number of carbonyl (C=O) groups is 1. The molecule has 56 valence electrons. The number of hydrogen-bond acceptors (Lipinski definition) is 2. The number of hydrogen-bond donors (Lipinski definition) is 0. The van der Waals surface area contributed by atoms with Crippen molar-refractivity contribution in [2.24, 2.45) is 0 Å². The standard InChI is InChI=1S/C5H6O.C3H6O/c1-5-3-2-4-6-5;1-2-3-4/h2-4H,1H3;3H,2H2,1H3. The van der Waals surface area contributed by atoms with E-state index in [4.69, 9.17) is 4.42 Å². The fourth-order valence-corrected chi connectivity index (χ4v) is 0.361. The molecule has 2 heteroatoms. The van der Waals surface area contributed by atoms with Gasteiger partial charge in [-0.25, -0.2) is 0 Å². The zero-order valence-corrected chi connectivity index (χ0v) is 6.33. The van der Waals surface area contributed by atoms with Gasteiger partial charge in [-0.1, -0.05) is 6.92 Å². The van der Waals surface area contributed by atoms with Crippen LogP contribution in [0, 0.1) is 6.92 Å². The molecule has 0 radical (unpaired) electrons. The fourth-order valence-electron chi connectivity index (χ4n) is 0.361. The van der Waals surface area contributed by atoms with Crippen LogP contribution in [0.2, 0.25) is 0 Å². The Kier molecular flexibility index (Phi) is 5.44. The van der Waals surface area contributed by atoms with Gasteiger partial charge >= 0.3 is 0 Å². The Hall–Kier alpha value is -1.05. The van der Waals surface area contributed by atoms with Gasteiger partial charge in [-0.2, -0.15) is 0 Å². The highest BCUT2D eigenvalue weighted by Gasteiger charge is 1.75. The van der Waals surface area contributed by atoms with Crippen molar-refractivity contribution >= 4 is 6.29 Å². The molecule has 1 aromatic rings. The maximum atomic E-state index is 9.17. The third-order valence-electron chi connectivity index (χ3n) is 0.830. The van der Waals surface area contributed by atoms with Crippen molar-refractivity contribution in [3.05, 3.63) is 24.2 Å². The number of rotatable bonds is 1. The van der Waals surface area contributed by atoms with Crippen LogP contribution in [-0.4, -0.2) is 6.29 Å². The SMILES string of the molecule is CCC=O.Cc1ccco1. The average molecular weight is 140 g/mol. The summed E-state index contributed by atoms with van der Waals surface area (Å²) in [4.78, 5) is 9.17. The molecule has 0 aliphatic rings. The van der Waals surface area contributed by atoms with Crippen molar-refractivity contribution in [1.29, 1.82) is 0 Å². The zero-order chi connectivity index (χ0) is 7.82. The third kappa shape index (κ3) is 5.09. The second kappa shape index (κ2) is 6.08. The van der Waals surface area contributed by atoms with Crippen LogP contribution in [0.3, 0.4) is 0 Å². The van der Waals surface area contributed by atoms with Crippen LogP contribution in [0.1, 0.15) is 19.1 Å². The van der Waals surface area contributed by atoms with E-state index in [0.29, 0.717) is 6.42 Å². The largest absolute Gasteiger partial charge is 0.470 e. The molecule has 1 rings (SSSR count). The Morgan fingerprint density at radius 3 is 2.40 bits per heavy atom. The summed E-state index contributed by atoms with van der Waals surface area (Å²) in [5.74, 6) is 0.968. The first-order valence-corrected chi connectivity index (χ1v) is 3.25. The number of furan rings is 1. The van der Waals surface area contributed by atoms with Gasteiger partial charge in [0.25, 0.3) is 0 Å². The monoisotopic (exact) mass is 140 g/mol. The summed E-state index contributed by atoms with van der Waals surface area (Å²) < 4.78 is 4.83. The van der Waals surface area contributed by atoms with Gasteiger partial charge in [-0.05, 0) is 19.1 Å². The fraction of sp³-hybridized carbons (Fsp3) is 0.375. The lowest BCUT2D eigenvalue weighted by Gasteiger charge is -1.69. The molecule has 0 N–H and O–H groups in total. The quantitative estimate of drug-likeness (QED) is 0.559. The minimum absolute atomic E-state index is 0.639. The van der Waals surface area contributed by atoms with Crippen molar-refractivity contribution in [2.45, 2.75) is 20.3 Å². The van der Waals surface area contributed by atoms with Crippen LogP contribution in [0.15, 0.2) is 22.8 Å². The molecule has 0 saturated carbocycles. The van der Waals surface area contributed by atoms with Crippen molar-refractivity contribution in [2.75, 3.05) is 0 Å². The molecule has 0 unspecified atom stereocenters. The first-order valence-electron chi connectivity index (χ1n) is 3.25. The van der Waals surface area contributed by atoms with E-state index in [-0.39, 0.29) is 0 Å². The molecule has 0 atom stereocenters. The Morgan fingerprint density at radius 1 is 1.70 bits per heavy atom. The molecule has 0 aromatic carbocycles. The maximum absolute atomic E-state index is 9.17. The normalized spacial score (nSPS) is 7.80. The molecule has 0 fully saturated rings. The van der Waals surface area contributed by atoms with Crippen molar-refractivity contribution in [3.63, 3.8) is 0 Å². The van der Waals surface area contributed by atoms with Gasteiger partial charge in [0.2, 0.25) is 0 Å². The second-order valence-electron chi connectivity index (χ2n) is 1.80. The third-order valence-corrected chi connectivity index (χ3v) is 0.830. The lowest BCUT2D eigenvalue weighted by atomic mass is 10.5. The molecule has 0 amide bonds. The predicted molar refractivity (Wildman–Crippen MR) is 39.8 cm³/mol. The minimum Gasteiger partial charge on any atom is -0.470 e. The summed E-state index contributed by atoms with van der Waals surface area (Å²) in [5, 5.41) is 0. The van der Waals surface area contributed by atoms with Gasteiger partial charge in [0.05, 0.1) is 6.26 Å². The Morgan fingerprint density at radius 2 is 2.30 bits per heavy atom. The summed E-state index contributed by atoms with van der Waals surface area (Å²) in [7, 11) is 0. The molecule has 0 aliphatic heterocycles. The van der Waals surface area contributed by atoms with E-state index in [0.717, 1.165) is 12.0 Å². The number of aldehydes is 1. The molecule has 0 aliphatic carbocycles. The van der Waals surface area contributed by atoms with Crippen LogP contribution in [0.4, 0.5) is 0 Å². The average Bonchev–Trinajstić information content (AvgIpc) is 2.40. The highest BCUT2D eigenvalue weighted by molar-refractivity contribution is 5.48. The lowest BCUT2D eigenvalue weighted by molar-refractivity contribution is -0.107. The van der Waals surface area contributed by atoms with Crippen molar-refractivity contribution in [3.8, 4) is 0 Å². The first kappa shape index (κ1) is 8.95. The van der Waals surface area contributed by atoms with Gasteiger partial charge in [-0.15, -0.1) is 0 Å². The van der Waals surface area contributed by atoms with E-state index in [1.54, 1.807) is 6.26 Å². The van der Waals surface area contributed by atoms with Crippen LogP contribution >= 0.6 is 0 Å². The predicted octanol–water partition coefficient (Wildman–Crippen LogP) is 2.18. The maximum Gasteiger partial charge on any atom is 0.119 e. The second-order valence-corrected chi connectivity index (χ2v) is 1.80. The highest BCUT2D eigenvalue weighted by atomic mass is 16.3. The van der Waals surface area contributed by atoms with Gasteiger partial charge in [0.1, 0.15) is 12.0 Å². The Balaban J connectivity index is 0.000000180. The molecule has 1 heterocycles. The Bertz CT molecular complexity index is 154. The Labute approximate surface area is 60.9 Å². The van der Waals surface area contributed by atoms with E-state index >= 15 is 0 Å². The van der Waals surface area contributed by atoms with E-state index in [9.17, 15) is 4.79 Å². The van der Waals surface area contributed by atoms with E-state index in [2.05, 4.69) is 0 Å². The molecular formula is C8H12O2. The van der Waals surface area contributed by atoms with Crippen LogP contribution < -0.4 is 0 Å². The molecule has 2 nitrogen and oxygen atoms in total. The summed E-state index contributed by atoms with van der Waals surface area (Å²) in [6, 6.07) is 3.79. The molecule has 0 spiro atoms. The summed E-state index contributed by atoms with van der Waals surface area (Å²) >= 11 is 0. The summed E-state index contributed by atoms with van der Waals surface area (Å²) in [6.07, 6.45) is 3.18. The van der Waals surface area contributed by atoms with Crippen LogP contribution in [-0.2, 0) is 4.79 Å². The van der Waals surface area contributed by atoms with Crippen molar-refractivity contribution < 1.29 is 9.21 Å². The zero-order valence-electron chi connectivity index (χ0n) is 6.33. The van der Waals surface area contributed by atoms with Crippen LogP contribution in [0.5, 0.6) is 0 Å². The number of aryl methyl sites for hydroxylation is 1.